The number of carbonyl (C=O) groups excluding carboxylic acids is 1. The number of nitrogens with two attached hydrogens (primary N) is 1. The van der Waals surface area contributed by atoms with Crippen LogP contribution in [0.4, 0.5) is 0 Å². The number of nitrogens with one attached hydrogen (secondary N) is 1. The van der Waals surface area contributed by atoms with E-state index in [2.05, 4.69) is 5.32 Å². The molecule has 18 heavy (non-hydrogen) atoms. The number of hydrogen-bond acceptors (Lipinski definition) is 4. The molecule has 1 aromatic carbocycles. The molecule has 1 atom stereocenters. The summed E-state index contributed by atoms with van der Waals surface area (Å²) in [6.45, 7) is 1.74. The number of benzene rings is 1. The SMILES string of the molecule is CN(C)CC(O)CNCc1cccc(C(N)=O)c1. The fourth-order valence-corrected chi connectivity index (χ4v) is 1.70. The van der Waals surface area contributed by atoms with E-state index in [-0.39, 0.29) is 0 Å². The Hall–Kier alpha value is -1.43. The van der Waals surface area contributed by atoms with Crippen molar-refractivity contribution in [1.29, 1.82) is 0 Å². The van der Waals surface area contributed by atoms with E-state index in [4.69, 9.17) is 5.73 Å². The van der Waals surface area contributed by atoms with Crippen LogP contribution in [0.5, 0.6) is 0 Å². The highest BCUT2D eigenvalue weighted by molar-refractivity contribution is 5.92. The molecule has 5 nitrogen and oxygen atoms in total. The predicted molar refractivity (Wildman–Crippen MR) is 71.2 cm³/mol. The summed E-state index contributed by atoms with van der Waals surface area (Å²) in [5.74, 6) is -0.426. The number of likely N-dealkylation sites (N-methyl/N-ethyl adjacent to an activating group) is 1. The maximum absolute atomic E-state index is 11.0. The third kappa shape index (κ3) is 5.27. The molecule has 0 aromatic heterocycles. The third-order valence-corrected chi connectivity index (χ3v) is 2.50. The van der Waals surface area contributed by atoms with Gasteiger partial charge >= 0.3 is 0 Å². The monoisotopic (exact) mass is 251 g/mol. The van der Waals surface area contributed by atoms with Crippen molar-refractivity contribution in [1.82, 2.24) is 10.2 Å². The van der Waals surface area contributed by atoms with Gasteiger partial charge in [0, 0.05) is 25.2 Å². The normalized spacial score (nSPS) is 12.7. The number of carbonyl (C=O) groups is 1. The van der Waals surface area contributed by atoms with Crippen molar-refractivity contribution in [2.75, 3.05) is 27.2 Å². The first-order chi connectivity index (χ1) is 8.49. The first kappa shape index (κ1) is 14.6. The molecule has 0 radical (unpaired) electrons. The molecule has 100 valence electrons. The Bertz CT molecular complexity index is 394. The fraction of sp³-hybridized carbons (Fsp3) is 0.462. The highest BCUT2D eigenvalue weighted by Gasteiger charge is 2.05. The van der Waals surface area contributed by atoms with Gasteiger partial charge in [0.05, 0.1) is 6.10 Å². The highest BCUT2D eigenvalue weighted by Crippen LogP contribution is 2.04. The highest BCUT2D eigenvalue weighted by atomic mass is 16.3. The lowest BCUT2D eigenvalue weighted by molar-refractivity contribution is 0.1000. The predicted octanol–water partition coefficient (Wildman–Crippen LogP) is -0.202. The van der Waals surface area contributed by atoms with Crippen LogP contribution in [-0.4, -0.2) is 49.2 Å². The van der Waals surface area contributed by atoms with E-state index in [9.17, 15) is 9.90 Å². The van der Waals surface area contributed by atoms with E-state index in [0.29, 0.717) is 25.2 Å². The topological polar surface area (TPSA) is 78.6 Å². The van der Waals surface area contributed by atoms with E-state index in [1.54, 1.807) is 18.2 Å². The van der Waals surface area contributed by atoms with Crippen molar-refractivity contribution >= 4 is 5.91 Å². The fourth-order valence-electron chi connectivity index (χ4n) is 1.70. The average molecular weight is 251 g/mol. The molecule has 0 bridgehead atoms. The Morgan fingerprint density at radius 1 is 1.50 bits per heavy atom. The lowest BCUT2D eigenvalue weighted by Gasteiger charge is -2.16. The van der Waals surface area contributed by atoms with Gasteiger partial charge in [0.15, 0.2) is 0 Å². The van der Waals surface area contributed by atoms with Crippen LogP contribution in [0.25, 0.3) is 0 Å². The summed E-state index contributed by atoms with van der Waals surface area (Å²) in [6, 6.07) is 7.16. The molecule has 1 unspecified atom stereocenters. The standard InChI is InChI=1S/C13H21N3O2/c1-16(2)9-12(17)8-15-7-10-4-3-5-11(6-10)13(14)18/h3-6,12,15,17H,7-9H2,1-2H3,(H2,14,18). The Balaban J connectivity index is 2.39. The van der Waals surface area contributed by atoms with Crippen LogP contribution in [0.3, 0.4) is 0 Å². The van der Waals surface area contributed by atoms with E-state index in [0.717, 1.165) is 5.56 Å². The molecule has 4 N–H and O–H groups in total. The molecular formula is C13H21N3O2. The summed E-state index contributed by atoms with van der Waals surface area (Å²) >= 11 is 0. The van der Waals surface area contributed by atoms with Crippen LogP contribution in [0.2, 0.25) is 0 Å². The third-order valence-electron chi connectivity index (χ3n) is 2.50. The molecule has 5 heteroatoms. The molecule has 1 rings (SSSR count). The van der Waals surface area contributed by atoms with E-state index in [1.807, 2.05) is 25.1 Å². The van der Waals surface area contributed by atoms with Gasteiger partial charge in [-0.25, -0.2) is 0 Å². The number of amides is 1. The Morgan fingerprint density at radius 2 is 2.22 bits per heavy atom. The maximum atomic E-state index is 11.0. The van der Waals surface area contributed by atoms with E-state index < -0.39 is 12.0 Å². The van der Waals surface area contributed by atoms with Gasteiger partial charge in [0.2, 0.25) is 5.91 Å². The van der Waals surface area contributed by atoms with Gasteiger partial charge < -0.3 is 21.1 Å². The molecule has 0 aliphatic rings. The van der Waals surface area contributed by atoms with Crippen LogP contribution in [-0.2, 0) is 6.54 Å². The van der Waals surface area contributed by atoms with Crippen molar-refractivity contribution in [3.8, 4) is 0 Å². The first-order valence-electron chi connectivity index (χ1n) is 5.91. The minimum atomic E-state index is -0.426. The average Bonchev–Trinajstić information content (AvgIpc) is 2.28. The summed E-state index contributed by atoms with van der Waals surface area (Å²) in [5.41, 5.74) is 6.69. The second kappa shape index (κ2) is 7.10. The van der Waals surface area contributed by atoms with Gasteiger partial charge in [-0.3, -0.25) is 4.79 Å². The van der Waals surface area contributed by atoms with Gasteiger partial charge in [-0.05, 0) is 31.8 Å². The quantitative estimate of drug-likeness (QED) is 0.627. The molecule has 0 heterocycles. The van der Waals surface area contributed by atoms with Crippen molar-refractivity contribution < 1.29 is 9.90 Å². The number of nitrogens with zero attached hydrogens (tertiary/aromatic N) is 1. The second-order valence-electron chi connectivity index (χ2n) is 4.61. The lowest BCUT2D eigenvalue weighted by Crippen LogP contribution is -2.34. The van der Waals surface area contributed by atoms with Crippen molar-refractivity contribution in [3.63, 3.8) is 0 Å². The smallest absolute Gasteiger partial charge is 0.248 e. The van der Waals surface area contributed by atoms with Crippen molar-refractivity contribution in [2.24, 2.45) is 5.73 Å². The summed E-state index contributed by atoms with van der Waals surface area (Å²) in [5, 5.41) is 12.8. The molecule has 0 saturated carbocycles. The first-order valence-corrected chi connectivity index (χ1v) is 5.91. The summed E-state index contributed by atoms with van der Waals surface area (Å²) < 4.78 is 0. The summed E-state index contributed by atoms with van der Waals surface area (Å²) in [6.07, 6.45) is -0.403. The largest absolute Gasteiger partial charge is 0.390 e. The van der Waals surface area contributed by atoms with Crippen molar-refractivity contribution in [2.45, 2.75) is 12.6 Å². The molecule has 0 aliphatic heterocycles. The van der Waals surface area contributed by atoms with Crippen LogP contribution in [0, 0.1) is 0 Å². The zero-order valence-corrected chi connectivity index (χ0v) is 10.9. The minimum absolute atomic E-state index is 0.403. The number of rotatable bonds is 7. The Labute approximate surface area is 108 Å². The van der Waals surface area contributed by atoms with Crippen LogP contribution < -0.4 is 11.1 Å². The molecule has 0 spiro atoms. The minimum Gasteiger partial charge on any atom is -0.390 e. The number of hydrogen-bond donors (Lipinski definition) is 3. The number of aliphatic hydroxyl groups excluding tert-OH is 1. The molecule has 0 fully saturated rings. The van der Waals surface area contributed by atoms with Crippen molar-refractivity contribution in [3.05, 3.63) is 35.4 Å². The Kier molecular flexibility index (Phi) is 5.77. The molecule has 0 aliphatic carbocycles. The lowest BCUT2D eigenvalue weighted by atomic mass is 10.1. The summed E-state index contributed by atoms with van der Waals surface area (Å²) in [4.78, 5) is 12.9. The second-order valence-corrected chi connectivity index (χ2v) is 4.61. The number of primary amides is 1. The van der Waals surface area contributed by atoms with Gasteiger partial charge in [-0.15, -0.1) is 0 Å². The number of aliphatic hydroxyl groups is 1. The molecule has 1 aromatic rings. The molecular weight excluding hydrogens is 230 g/mol. The van der Waals surface area contributed by atoms with Gasteiger partial charge in [0.1, 0.15) is 0 Å². The van der Waals surface area contributed by atoms with Crippen LogP contribution in [0.15, 0.2) is 24.3 Å². The van der Waals surface area contributed by atoms with Gasteiger partial charge in [0.25, 0.3) is 0 Å². The van der Waals surface area contributed by atoms with Gasteiger partial charge in [-0.2, -0.15) is 0 Å². The summed E-state index contributed by atoms with van der Waals surface area (Å²) in [7, 11) is 3.83. The van der Waals surface area contributed by atoms with Crippen LogP contribution >= 0.6 is 0 Å². The Morgan fingerprint density at radius 3 is 2.83 bits per heavy atom. The zero-order chi connectivity index (χ0) is 13.5. The van der Waals surface area contributed by atoms with Gasteiger partial charge in [-0.1, -0.05) is 12.1 Å². The molecule has 1 amide bonds. The van der Waals surface area contributed by atoms with E-state index in [1.165, 1.54) is 0 Å². The van der Waals surface area contributed by atoms with E-state index >= 15 is 0 Å². The molecule has 0 saturated heterocycles. The maximum Gasteiger partial charge on any atom is 0.248 e. The zero-order valence-electron chi connectivity index (χ0n) is 10.9. The van der Waals surface area contributed by atoms with Crippen LogP contribution in [0.1, 0.15) is 15.9 Å².